The van der Waals surface area contributed by atoms with E-state index in [1.807, 2.05) is 25.1 Å². The van der Waals surface area contributed by atoms with Gasteiger partial charge < -0.3 is 4.43 Å². The Morgan fingerprint density at radius 1 is 1.20 bits per heavy atom. The van der Waals surface area contributed by atoms with Crippen molar-refractivity contribution in [2.45, 2.75) is 26.6 Å². The molecule has 0 aliphatic rings. The molecule has 1 aromatic heterocycles. The monoisotopic (exact) mass is 285 g/mol. The van der Waals surface area contributed by atoms with Crippen molar-refractivity contribution in [2.75, 3.05) is 0 Å². The molecule has 0 unspecified atom stereocenters. The van der Waals surface area contributed by atoms with Crippen molar-refractivity contribution in [2.24, 2.45) is 4.99 Å². The fourth-order valence-corrected chi connectivity index (χ4v) is 2.48. The van der Waals surface area contributed by atoms with E-state index in [1.54, 1.807) is 24.8 Å². The third-order valence-electron chi connectivity index (χ3n) is 2.45. The first-order valence-electron chi connectivity index (χ1n) is 6.54. The lowest BCUT2D eigenvalue weighted by molar-refractivity contribution is 0.558. The molecule has 5 heteroatoms. The van der Waals surface area contributed by atoms with Gasteiger partial charge in [0.15, 0.2) is 0 Å². The summed E-state index contributed by atoms with van der Waals surface area (Å²) in [6, 6.07) is 6.03. The topological polar surface area (TPSA) is 47.4 Å². The van der Waals surface area contributed by atoms with E-state index < -0.39 is 8.32 Å². The molecule has 0 bridgehead atoms. The number of hydrogen-bond donors (Lipinski definition) is 0. The second kappa shape index (κ2) is 5.96. The number of aliphatic imine (C=N–C) groups is 1. The molecule has 0 fully saturated rings. The molecule has 1 heterocycles. The minimum Gasteiger partial charge on any atom is -0.543 e. The van der Waals surface area contributed by atoms with Crippen LogP contribution in [0.15, 0.2) is 41.8 Å². The Morgan fingerprint density at radius 2 is 2.00 bits per heavy atom. The normalized spacial score (nSPS) is 11.8. The maximum absolute atomic E-state index is 6.09. The van der Waals surface area contributed by atoms with Crippen molar-refractivity contribution in [3.8, 4) is 5.75 Å². The van der Waals surface area contributed by atoms with Crippen LogP contribution in [-0.4, -0.2) is 24.5 Å². The molecule has 0 aliphatic heterocycles. The van der Waals surface area contributed by atoms with E-state index in [2.05, 4.69) is 34.6 Å². The molecule has 0 saturated carbocycles. The first-order valence-corrected chi connectivity index (χ1v) is 9.95. The summed E-state index contributed by atoms with van der Waals surface area (Å²) in [7, 11) is -1.66. The molecule has 0 aliphatic carbocycles. The van der Waals surface area contributed by atoms with E-state index in [0.29, 0.717) is 0 Å². The molecule has 2 aromatic rings. The lowest BCUT2D eigenvalue weighted by Crippen LogP contribution is -2.29. The molecule has 2 rings (SSSR count). The van der Waals surface area contributed by atoms with Crippen LogP contribution in [0.5, 0.6) is 5.75 Å². The predicted octanol–water partition coefficient (Wildman–Crippen LogP) is 3.75. The molecule has 0 atom stereocenters. The molecule has 0 saturated heterocycles. The largest absolute Gasteiger partial charge is 0.543 e. The standard InChI is InChI=1S/C15H19N3OSi/c1-12-5-6-14(15(9-12)19-20(2,3)4)18-11-13-10-16-7-8-17-13/h5-11H,1-4H3/b18-11+. The maximum atomic E-state index is 6.09. The van der Waals surface area contributed by atoms with Crippen LogP contribution < -0.4 is 4.43 Å². The van der Waals surface area contributed by atoms with Gasteiger partial charge in [-0.3, -0.25) is 15.0 Å². The Morgan fingerprint density at radius 3 is 2.65 bits per heavy atom. The minimum absolute atomic E-state index is 0.729. The zero-order chi connectivity index (χ0) is 14.6. The van der Waals surface area contributed by atoms with Gasteiger partial charge in [0.2, 0.25) is 8.32 Å². The Balaban J connectivity index is 2.29. The summed E-state index contributed by atoms with van der Waals surface area (Å²) in [6.07, 6.45) is 6.67. The number of nitrogens with zero attached hydrogens (tertiary/aromatic N) is 3. The van der Waals surface area contributed by atoms with Crippen LogP contribution in [0.1, 0.15) is 11.3 Å². The molecule has 20 heavy (non-hydrogen) atoms. The molecular weight excluding hydrogens is 266 g/mol. The molecule has 0 spiro atoms. The van der Waals surface area contributed by atoms with Crippen molar-refractivity contribution >= 4 is 20.2 Å². The van der Waals surface area contributed by atoms with Gasteiger partial charge in [-0.2, -0.15) is 0 Å². The highest BCUT2D eigenvalue weighted by atomic mass is 28.4. The van der Waals surface area contributed by atoms with Gasteiger partial charge in [0.1, 0.15) is 11.4 Å². The van der Waals surface area contributed by atoms with Gasteiger partial charge in [0.25, 0.3) is 0 Å². The number of aromatic nitrogens is 2. The van der Waals surface area contributed by atoms with Crippen LogP contribution in [0, 0.1) is 6.92 Å². The van der Waals surface area contributed by atoms with Crippen LogP contribution in [0.2, 0.25) is 19.6 Å². The third kappa shape index (κ3) is 4.27. The van der Waals surface area contributed by atoms with Crippen molar-refractivity contribution in [3.05, 3.63) is 48.0 Å². The molecular formula is C15H19N3OSi. The first-order chi connectivity index (χ1) is 9.44. The van der Waals surface area contributed by atoms with Crippen molar-refractivity contribution in [3.63, 3.8) is 0 Å². The van der Waals surface area contributed by atoms with Crippen LogP contribution in [0.4, 0.5) is 5.69 Å². The van der Waals surface area contributed by atoms with Crippen LogP contribution >= 0.6 is 0 Å². The van der Waals surface area contributed by atoms with E-state index in [9.17, 15) is 0 Å². The number of benzene rings is 1. The SMILES string of the molecule is Cc1ccc(/N=C/c2cnccn2)c(O[Si](C)(C)C)c1. The molecule has 0 N–H and O–H groups in total. The smallest absolute Gasteiger partial charge is 0.242 e. The second-order valence-electron chi connectivity index (χ2n) is 5.57. The molecule has 4 nitrogen and oxygen atoms in total. The quantitative estimate of drug-likeness (QED) is 0.635. The van der Waals surface area contributed by atoms with Crippen molar-refractivity contribution in [1.82, 2.24) is 9.97 Å². The first kappa shape index (κ1) is 14.4. The van der Waals surface area contributed by atoms with Gasteiger partial charge >= 0.3 is 0 Å². The van der Waals surface area contributed by atoms with Gasteiger partial charge in [0.05, 0.1) is 18.1 Å². The zero-order valence-corrected chi connectivity index (χ0v) is 13.3. The summed E-state index contributed by atoms with van der Waals surface area (Å²) < 4.78 is 6.09. The van der Waals surface area contributed by atoms with Gasteiger partial charge in [-0.15, -0.1) is 0 Å². The average Bonchev–Trinajstić information content (AvgIpc) is 2.37. The minimum atomic E-state index is -1.66. The Hall–Kier alpha value is -2.01. The Bertz CT molecular complexity index is 606. The van der Waals surface area contributed by atoms with E-state index in [0.717, 1.165) is 22.7 Å². The Kier molecular flexibility index (Phi) is 4.29. The summed E-state index contributed by atoms with van der Waals surface area (Å²) in [4.78, 5) is 12.7. The summed E-state index contributed by atoms with van der Waals surface area (Å²) in [5, 5.41) is 0. The summed E-state index contributed by atoms with van der Waals surface area (Å²) in [5.41, 5.74) is 2.72. The molecule has 0 radical (unpaired) electrons. The fraction of sp³-hybridized carbons (Fsp3) is 0.267. The van der Waals surface area contributed by atoms with E-state index >= 15 is 0 Å². The second-order valence-corrected chi connectivity index (χ2v) is 10.0. The Labute approximate surface area is 120 Å². The predicted molar refractivity (Wildman–Crippen MR) is 84.4 cm³/mol. The van der Waals surface area contributed by atoms with E-state index in [4.69, 9.17) is 4.43 Å². The van der Waals surface area contributed by atoms with Crippen LogP contribution in [0.25, 0.3) is 0 Å². The van der Waals surface area contributed by atoms with Gasteiger partial charge in [-0.25, -0.2) is 0 Å². The van der Waals surface area contributed by atoms with Crippen LogP contribution in [0.3, 0.4) is 0 Å². The highest BCUT2D eigenvalue weighted by Gasteiger charge is 2.18. The number of hydrogen-bond acceptors (Lipinski definition) is 4. The summed E-state index contributed by atoms with van der Waals surface area (Å²) in [5.74, 6) is 0.837. The van der Waals surface area contributed by atoms with E-state index in [1.165, 1.54) is 0 Å². The number of aryl methyl sites for hydroxylation is 1. The fourth-order valence-electron chi connectivity index (χ4n) is 1.65. The van der Waals surface area contributed by atoms with Crippen molar-refractivity contribution < 1.29 is 4.43 Å². The van der Waals surface area contributed by atoms with Crippen LogP contribution in [-0.2, 0) is 0 Å². The van der Waals surface area contributed by atoms with Gasteiger partial charge in [-0.1, -0.05) is 6.07 Å². The molecule has 0 amide bonds. The van der Waals surface area contributed by atoms with E-state index in [-0.39, 0.29) is 0 Å². The third-order valence-corrected chi connectivity index (χ3v) is 3.28. The average molecular weight is 285 g/mol. The molecule has 1 aromatic carbocycles. The molecule has 104 valence electrons. The summed E-state index contributed by atoms with van der Waals surface area (Å²) >= 11 is 0. The highest BCUT2D eigenvalue weighted by Crippen LogP contribution is 2.30. The zero-order valence-electron chi connectivity index (χ0n) is 12.3. The van der Waals surface area contributed by atoms with Gasteiger partial charge in [0, 0.05) is 12.4 Å². The summed E-state index contributed by atoms with van der Waals surface area (Å²) in [6.45, 7) is 8.52. The lowest BCUT2D eigenvalue weighted by atomic mass is 10.2. The van der Waals surface area contributed by atoms with Crippen molar-refractivity contribution in [1.29, 1.82) is 0 Å². The van der Waals surface area contributed by atoms with Gasteiger partial charge in [-0.05, 0) is 44.3 Å². The number of rotatable bonds is 4. The lowest BCUT2D eigenvalue weighted by Gasteiger charge is -2.20. The highest BCUT2D eigenvalue weighted by molar-refractivity contribution is 6.70. The maximum Gasteiger partial charge on any atom is 0.242 e.